The van der Waals surface area contributed by atoms with Crippen molar-refractivity contribution in [3.8, 4) is 0 Å². The van der Waals surface area contributed by atoms with Gasteiger partial charge in [-0.1, -0.05) is 0 Å². The van der Waals surface area contributed by atoms with Crippen molar-refractivity contribution >= 4 is 0 Å². The SMILES string of the molecule is CC(C)(O)CC1(N)CNC1. The van der Waals surface area contributed by atoms with E-state index in [1.807, 2.05) is 0 Å². The van der Waals surface area contributed by atoms with Gasteiger partial charge in [0.1, 0.15) is 0 Å². The zero-order chi connectivity index (χ0) is 7.83. The molecular weight excluding hydrogens is 128 g/mol. The molecule has 3 nitrogen and oxygen atoms in total. The molecule has 0 aromatic carbocycles. The van der Waals surface area contributed by atoms with E-state index in [0.717, 1.165) is 13.1 Å². The maximum absolute atomic E-state index is 9.41. The normalized spacial score (nSPS) is 24.0. The van der Waals surface area contributed by atoms with Gasteiger partial charge >= 0.3 is 0 Å². The van der Waals surface area contributed by atoms with Gasteiger partial charge in [-0.25, -0.2) is 0 Å². The van der Waals surface area contributed by atoms with Crippen LogP contribution in [0.15, 0.2) is 0 Å². The molecule has 0 saturated carbocycles. The van der Waals surface area contributed by atoms with Gasteiger partial charge in [0.05, 0.1) is 5.60 Å². The highest BCUT2D eigenvalue weighted by Crippen LogP contribution is 2.20. The standard InChI is InChI=1S/C7H16N2O/c1-6(2,10)3-7(8)4-9-5-7/h9-10H,3-5,8H2,1-2H3. The van der Waals surface area contributed by atoms with Crippen LogP contribution in [0, 0.1) is 0 Å². The lowest BCUT2D eigenvalue weighted by atomic mass is 9.83. The molecule has 0 aromatic heterocycles. The second kappa shape index (κ2) is 2.19. The summed E-state index contributed by atoms with van der Waals surface area (Å²) in [6.45, 7) is 5.24. The van der Waals surface area contributed by atoms with E-state index in [2.05, 4.69) is 5.32 Å². The Balaban J connectivity index is 2.37. The summed E-state index contributed by atoms with van der Waals surface area (Å²) >= 11 is 0. The van der Waals surface area contributed by atoms with E-state index < -0.39 is 5.60 Å². The average molecular weight is 144 g/mol. The summed E-state index contributed by atoms with van der Waals surface area (Å²) in [6, 6.07) is 0. The third kappa shape index (κ3) is 1.94. The van der Waals surface area contributed by atoms with Crippen LogP contribution in [-0.4, -0.2) is 29.3 Å². The molecule has 3 heteroatoms. The van der Waals surface area contributed by atoms with Crippen molar-refractivity contribution in [3.63, 3.8) is 0 Å². The van der Waals surface area contributed by atoms with Crippen molar-refractivity contribution in [1.82, 2.24) is 5.32 Å². The minimum Gasteiger partial charge on any atom is -0.390 e. The third-order valence-corrected chi connectivity index (χ3v) is 1.74. The van der Waals surface area contributed by atoms with Crippen molar-refractivity contribution in [2.75, 3.05) is 13.1 Å². The number of nitrogens with two attached hydrogens (primary N) is 1. The quantitative estimate of drug-likeness (QED) is 0.487. The largest absolute Gasteiger partial charge is 0.390 e. The maximum Gasteiger partial charge on any atom is 0.0610 e. The molecule has 0 radical (unpaired) electrons. The van der Waals surface area contributed by atoms with E-state index in [0.29, 0.717) is 6.42 Å². The van der Waals surface area contributed by atoms with Crippen LogP contribution in [0.3, 0.4) is 0 Å². The van der Waals surface area contributed by atoms with E-state index in [-0.39, 0.29) is 5.54 Å². The molecule has 1 rings (SSSR count). The summed E-state index contributed by atoms with van der Waals surface area (Å²) in [5.41, 5.74) is 5.08. The van der Waals surface area contributed by atoms with E-state index in [4.69, 9.17) is 5.73 Å². The van der Waals surface area contributed by atoms with Gasteiger partial charge in [0.15, 0.2) is 0 Å². The summed E-state index contributed by atoms with van der Waals surface area (Å²) < 4.78 is 0. The summed E-state index contributed by atoms with van der Waals surface area (Å²) in [5.74, 6) is 0. The van der Waals surface area contributed by atoms with Crippen molar-refractivity contribution in [3.05, 3.63) is 0 Å². The first kappa shape index (κ1) is 7.98. The highest BCUT2D eigenvalue weighted by atomic mass is 16.3. The fourth-order valence-electron chi connectivity index (χ4n) is 1.43. The van der Waals surface area contributed by atoms with Crippen LogP contribution in [0.4, 0.5) is 0 Å². The van der Waals surface area contributed by atoms with Gasteiger partial charge in [-0.3, -0.25) is 0 Å². The van der Waals surface area contributed by atoms with Gasteiger partial charge in [-0.05, 0) is 20.3 Å². The van der Waals surface area contributed by atoms with Gasteiger partial charge in [0.2, 0.25) is 0 Å². The molecule has 4 N–H and O–H groups in total. The number of hydrogen-bond donors (Lipinski definition) is 3. The Kier molecular flexibility index (Phi) is 1.75. The van der Waals surface area contributed by atoms with Gasteiger partial charge in [0.25, 0.3) is 0 Å². The molecule has 0 amide bonds. The summed E-state index contributed by atoms with van der Waals surface area (Å²) in [5, 5.41) is 12.5. The Labute approximate surface area is 61.6 Å². The smallest absolute Gasteiger partial charge is 0.0610 e. The predicted molar refractivity (Wildman–Crippen MR) is 40.7 cm³/mol. The van der Waals surface area contributed by atoms with Gasteiger partial charge in [0, 0.05) is 18.6 Å². The van der Waals surface area contributed by atoms with E-state index in [9.17, 15) is 5.11 Å². The number of nitrogens with one attached hydrogen (secondary N) is 1. The Morgan fingerprint density at radius 1 is 1.60 bits per heavy atom. The van der Waals surface area contributed by atoms with Crippen LogP contribution < -0.4 is 11.1 Å². The monoisotopic (exact) mass is 144 g/mol. The fraction of sp³-hybridized carbons (Fsp3) is 1.00. The van der Waals surface area contributed by atoms with E-state index in [1.165, 1.54) is 0 Å². The van der Waals surface area contributed by atoms with Crippen molar-refractivity contribution < 1.29 is 5.11 Å². The molecule has 1 saturated heterocycles. The molecule has 10 heavy (non-hydrogen) atoms. The molecule has 0 bridgehead atoms. The highest BCUT2D eigenvalue weighted by molar-refractivity contribution is 5.00. The van der Waals surface area contributed by atoms with Crippen LogP contribution >= 0.6 is 0 Å². The Morgan fingerprint density at radius 2 is 2.10 bits per heavy atom. The number of aliphatic hydroxyl groups is 1. The molecular formula is C7H16N2O. The summed E-state index contributed by atoms with van der Waals surface area (Å²) in [4.78, 5) is 0. The Morgan fingerprint density at radius 3 is 2.20 bits per heavy atom. The highest BCUT2D eigenvalue weighted by Gasteiger charge is 2.36. The van der Waals surface area contributed by atoms with Crippen LogP contribution in [0.2, 0.25) is 0 Å². The molecule has 1 heterocycles. The second-order valence-corrected chi connectivity index (χ2v) is 3.96. The predicted octanol–water partition coefficient (Wildman–Crippen LogP) is -0.552. The molecule has 0 aromatic rings. The van der Waals surface area contributed by atoms with Crippen LogP contribution in [-0.2, 0) is 0 Å². The lowest BCUT2D eigenvalue weighted by molar-refractivity contribution is 0.0328. The minimum atomic E-state index is -0.628. The fourth-order valence-corrected chi connectivity index (χ4v) is 1.43. The molecule has 0 unspecified atom stereocenters. The average Bonchev–Trinajstić information content (AvgIpc) is 1.57. The molecule has 1 aliphatic rings. The molecule has 60 valence electrons. The van der Waals surface area contributed by atoms with Crippen LogP contribution in [0.5, 0.6) is 0 Å². The first-order valence-electron chi connectivity index (χ1n) is 3.63. The van der Waals surface area contributed by atoms with Crippen molar-refractivity contribution in [2.24, 2.45) is 5.73 Å². The molecule has 0 spiro atoms. The molecule has 0 aliphatic carbocycles. The lowest BCUT2D eigenvalue weighted by Gasteiger charge is -2.42. The van der Waals surface area contributed by atoms with Crippen molar-refractivity contribution in [1.29, 1.82) is 0 Å². The first-order chi connectivity index (χ1) is 4.41. The van der Waals surface area contributed by atoms with E-state index in [1.54, 1.807) is 13.8 Å². The summed E-state index contributed by atoms with van der Waals surface area (Å²) in [6.07, 6.45) is 0.674. The van der Waals surface area contributed by atoms with Gasteiger partial charge < -0.3 is 16.2 Å². The van der Waals surface area contributed by atoms with Gasteiger partial charge in [-0.2, -0.15) is 0 Å². The van der Waals surface area contributed by atoms with Crippen molar-refractivity contribution in [2.45, 2.75) is 31.4 Å². The lowest BCUT2D eigenvalue weighted by Crippen LogP contribution is -2.67. The zero-order valence-electron chi connectivity index (χ0n) is 6.65. The minimum absolute atomic E-state index is 0.155. The molecule has 0 atom stereocenters. The number of hydrogen-bond acceptors (Lipinski definition) is 3. The van der Waals surface area contributed by atoms with Gasteiger partial charge in [-0.15, -0.1) is 0 Å². The first-order valence-corrected chi connectivity index (χ1v) is 3.63. The molecule has 1 aliphatic heterocycles. The third-order valence-electron chi connectivity index (χ3n) is 1.74. The Bertz CT molecular complexity index is 124. The van der Waals surface area contributed by atoms with E-state index >= 15 is 0 Å². The van der Waals surface area contributed by atoms with Crippen LogP contribution in [0.25, 0.3) is 0 Å². The summed E-state index contributed by atoms with van der Waals surface area (Å²) in [7, 11) is 0. The maximum atomic E-state index is 9.41. The van der Waals surface area contributed by atoms with Crippen LogP contribution in [0.1, 0.15) is 20.3 Å². The topological polar surface area (TPSA) is 58.3 Å². The molecule has 1 fully saturated rings. The second-order valence-electron chi connectivity index (χ2n) is 3.96. The number of rotatable bonds is 2. The zero-order valence-corrected chi connectivity index (χ0v) is 6.65. The Hall–Kier alpha value is -0.120.